The Morgan fingerprint density at radius 3 is 2.46 bits per heavy atom. The normalized spacial score (nSPS) is 20.8. The smallest absolute Gasteiger partial charge is 0.254 e. The van der Waals surface area contributed by atoms with Crippen molar-refractivity contribution < 1.29 is 9.59 Å². The molecule has 2 fully saturated rings. The first-order valence-electron chi connectivity index (χ1n) is 10.0. The van der Waals surface area contributed by atoms with Gasteiger partial charge in [-0.25, -0.2) is 9.97 Å². The first kappa shape index (κ1) is 18.5. The zero-order valence-electron chi connectivity index (χ0n) is 15.9. The van der Waals surface area contributed by atoms with Crippen molar-refractivity contribution >= 4 is 11.8 Å². The zero-order valence-corrected chi connectivity index (χ0v) is 15.9. The standard InChI is InChI=1S/C21H25N5O2/c27-19-11-16(14-26(19)17-7-3-1-2-4-8-17)25-21(28)15-12-23-20(24-13-15)18-9-5-6-10-22-18/h5-6,9-10,12-13,16-17H,1-4,7-8,11,14H2,(H,25,28)/t16-/m1/s1. The molecule has 1 aliphatic heterocycles. The van der Waals surface area contributed by atoms with Crippen LogP contribution >= 0.6 is 0 Å². The third-order valence-electron chi connectivity index (χ3n) is 5.57. The number of pyridine rings is 1. The van der Waals surface area contributed by atoms with E-state index >= 15 is 0 Å². The number of carbonyl (C=O) groups excluding carboxylic acids is 2. The summed E-state index contributed by atoms with van der Waals surface area (Å²) in [5.74, 6) is 0.389. The number of rotatable bonds is 4. The Morgan fingerprint density at radius 1 is 1.04 bits per heavy atom. The number of nitrogens with one attached hydrogen (secondary N) is 1. The largest absolute Gasteiger partial charge is 0.347 e. The average Bonchev–Trinajstić information content (AvgIpc) is 2.93. The molecule has 0 spiro atoms. The van der Waals surface area contributed by atoms with Gasteiger partial charge in [-0.05, 0) is 25.0 Å². The van der Waals surface area contributed by atoms with Gasteiger partial charge in [0.25, 0.3) is 5.91 Å². The number of hydrogen-bond donors (Lipinski definition) is 1. The monoisotopic (exact) mass is 379 g/mol. The molecule has 1 saturated heterocycles. The van der Waals surface area contributed by atoms with Crippen LogP contribution in [0, 0.1) is 0 Å². The Balaban J connectivity index is 1.36. The highest BCUT2D eigenvalue weighted by atomic mass is 16.2. The van der Waals surface area contributed by atoms with Crippen LogP contribution in [0.5, 0.6) is 0 Å². The number of likely N-dealkylation sites (tertiary alicyclic amines) is 1. The van der Waals surface area contributed by atoms with Crippen LogP contribution < -0.4 is 5.32 Å². The van der Waals surface area contributed by atoms with Gasteiger partial charge in [0.1, 0.15) is 5.69 Å². The van der Waals surface area contributed by atoms with E-state index in [1.54, 1.807) is 6.20 Å². The Kier molecular flexibility index (Phi) is 5.60. The van der Waals surface area contributed by atoms with Gasteiger partial charge < -0.3 is 10.2 Å². The summed E-state index contributed by atoms with van der Waals surface area (Å²) in [5, 5.41) is 2.97. The third kappa shape index (κ3) is 4.18. The lowest BCUT2D eigenvalue weighted by atomic mass is 10.1. The van der Waals surface area contributed by atoms with Gasteiger partial charge >= 0.3 is 0 Å². The molecule has 2 amide bonds. The average molecular weight is 379 g/mol. The molecule has 2 aliphatic rings. The Hall–Kier alpha value is -2.83. The molecule has 28 heavy (non-hydrogen) atoms. The lowest BCUT2D eigenvalue weighted by molar-refractivity contribution is -0.129. The quantitative estimate of drug-likeness (QED) is 0.825. The lowest BCUT2D eigenvalue weighted by Crippen LogP contribution is -2.40. The molecule has 0 bridgehead atoms. The van der Waals surface area contributed by atoms with Crippen LogP contribution in [0.15, 0.2) is 36.8 Å². The van der Waals surface area contributed by atoms with E-state index in [2.05, 4.69) is 20.3 Å². The third-order valence-corrected chi connectivity index (χ3v) is 5.57. The topological polar surface area (TPSA) is 88.1 Å². The molecule has 3 heterocycles. The van der Waals surface area contributed by atoms with E-state index in [4.69, 9.17) is 0 Å². The predicted molar refractivity (Wildman–Crippen MR) is 104 cm³/mol. The summed E-state index contributed by atoms with van der Waals surface area (Å²) in [6.07, 6.45) is 12.1. The SMILES string of the molecule is O=C(N[C@@H]1CC(=O)N(C2CCCCCC2)C1)c1cnc(-c2ccccn2)nc1. The van der Waals surface area contributed by atoms with E-state index in [1.165, 1.54) is 38.1 Å². The fraction of sp³-hybridized carbons (Fsp3) is 0.476. The Labute approximate surface area is 164 Å². The molecule has 1 N–H and O–H groups in total. The van der Waals surface area contributed by atoms with Crippen molar-refractivity contribution in [2.45, 2.75) is 57.0 Å². The van der Waals surface area contributed by atoms with E-state index < -0.39 is 0 Å². The highest BCUT2D eigenvalue weighted by Crippen LogP contribution is 2.26. The van der Waals surface area contributed by atoms with Gasteiger partial charge in [0.15, 0.2) is 5.82 Å². The Morgan fingerprint density at radius 2 is 1.79 bits per heavy atom. The fourth-order valence-corrected chi connectivity index (χ4v) is 4.09. The van der Waals surface area contributed by atoms with Crippen LogP contribution in [-0.2, 0) is 4.79 Å². The van der Waals surface area contributed by atoms with Gasteiger partial charge in [-0.2, -0.15) is 0 Å². The van der Waals surface area contributed by atoms with Crippen molar-refractivity contribution in [3.05, 3.63) is 42.4 Å². The van der Waals surface area contributed by atoms with Crippen LogP contribution in [-0.4, -0.2) is 50.3 Å². The maximum Gasteiger partial charge on any atom is 0.254 e. The minimum Gasteiger partial charge on any atom is -0.347 e. The summed E-state index contributed by atoms with van der Waals surface area (Å²) in [5.41, 5.74) is 1.05. The molecule has 2 aromatic rings. The molecule has 4 rings (SSSR count). The number of hydrogen-bond acceptors (Lipinski definition) is 5. The van der Waals surface area contributed by atoms with Crippen molar-refractivity contribution in [1.82, 2.24) is 25.2 Å². The summed E-state index contributed by atoms with van der Waals surface area (Å²) >= 11 is 0. The molecule has 2 aromatic heterocycles. The van der Waals surface area contributed by atoms with Crippen LogP contribution in [0.3, 0.4) is 0 Å². The van der Waals surface area contributed by atoms with Crippen LogP contribution in [0.1, 0.15) is 55.3 Å². The van der Waals surface area contributed by atoms with E-state index in [0.29, 0.717) is 36.1 Å². The highest BCUT2D eigenvalue weighted by molar-refractivity contribution is 5.94. The number of carbonyl (C=O) groups is 2. The maximum atomic E-state index is 12.6. The van der Waals surface area contributed by atoms with Crippen molar-refractivity contribution in [3.8, 4) is 11.5 Å². The van der Waals surface area contributed by atoms with Crippen molar-refractivity contribution in [1.29, 1.82) is 0 Å². The lowest BCUT2D eigenvalue weighted by Gasteiger charge is -2.27. The number of amides is 2. The molecule has 1 aliphatic carbocycles. The van der Waals surface area contributed by atoms with Crippen molar-refractivity contribution in [2.75, 3.05) is 6.54 Å². The molecule has 7 nitrogen and oxygen atoms in total. The van der Waals surface area contributed by atoms with Gasteiger partial charge in [0, 0.05) is 37.6 Å². The van der Waals surface area contributed by atoms with Gasteiger partial charge in [0.05, 0.1) is 11.6 Å². The van der Waals surface area contributed by atoms with Crippen LogP contribution in [0.2, 0.25) is 0 Å². The van der Waals surface area contributed by atoms with E-state index in [0.717, 1.165) is 12.8 Å². The van der Waals surface area contributed by atoms with Gasteiger partial charge in [-0.3, -0.25) is 14.6 Å². The minimum atomic E-state index is -0.243. The second kappa shape index (κ2) is 8.46. The van der Waals surface area contributed by atoms with E-state index in [9.17, 15) is 9.59 Å². The summed E-state index contributed by atoms with van der Waals surface area (Å²) < 4.78 is 0. The molecule has 1 saturated carbocycles. The molecule has 1 atom stereocenters. The summed E-state index contributed by atoms with van der Waals surface area (Å²) in [4.78, 5) is 39.7. The van der Waals surface area contributed by atoms with Crippen molar-refractivity contribution in [3.63, 3.8) is 0 Å². The number of aromatic nitrogens is 3. The zero-order chi connectivity index (χ0) is 19.3. The van der Waals surface area contributed by atoms with Gasteiger partial charge in [-0.15, -0.1) is 0 Å². The summed E-state index contributed by atoms with van der Waals surface area (Å²) in [7, 11) is 0. The first-order chi connectivity index (χ1) is 13.7. The molecular formula is C21H25N5O2. The van der Waals surface area contributed by atoms with E-state index in [1.807, 2.05) is 23.1 Å². The summed E-state index contributed by atoms with van der Waals surface area (Å²) in [6, 6.07) is 5.69. The molecule has 0 unspecified atom stereocenters. The predicted octanol–water partition coefficient (Wildman–Crippen LogP) is 2.59. The van der Waals surface area contributed by atoms with Crippen LogP contribution in [0.25, 0.3) is 11.5 Å². The molecule has 146 valence electrons. The van der Waals surface area contributed by atoms with Crippen LogP contribution in [0.4, 0.5) is 0 Å². The van der Waals surface area contributed by atoms with E-state index in [-0.39, 0.29) is 17.9 Å². The summed E-state index contributed by atoms with van der Waals surface area (Å²) in [6.45, 7) is 0.599. The number of nitrogens with zero attached hydrogens (tertiary/aromatic N) is 4. The van der Waals surface area contributed by atoms with Gasteiger partial charge in [0.2, 0.25) is 5.91 Å². The highest BCUT2D eigenvalue weighted by Gasteiger charge is 2.35. The van der Waals surface area contributed by atoms with Crippen molar-refractivity contribution in [2.24, 2.45) is 0 Å². The second-order valence-electron chi connectivity index (χ2n) is 7.58. The molecular weight excluding hydrogens is 354 g/mol. The Bertz CT molecular complexity index is 816. The fourth-order valence-electron chi connectivity index (χ4n) is 4.09. The maximum absolute atomic E-state index is 12.6. The van der Waals surface area contributed by atoms with Gasteiger partial charge in [-0.1, -0.05) is 31.7 Å². The molecule has 7 heteroatoms. The molecule has 0 aromatic carbocycles. The molecule has 0 radical (unpaired) electrons. The minimum absolute atomic E-state index is 0.152. The second-order valence-corrected chi connectivity index (χ2v) is 7.58. The first-order valence-corrected chi connectivity index (χ1v) is 10.0.